The molecule has 2 aromatic rings. The van der Waals surface area contributed by atoms with Gasteiger partial charge in [-0.1, -0.05) is 0 Å². The number of benzene rings is 1. The lowest BCUT2D eigenvalue weighted by atomic mass is 10.1. The summed E-state index contributed by atoms with van der Waals surface area (Å²) in [6, 6.07) is 6.57. The van der Waals surface area contributed by atoms with Gasteiger partial charge in [0.15, 0.2) is 0 Å². The summed E-state index contributed by atoms with van der Waals surface area (Å²) in [5.74, 6) is -0.631. The Balaban J connectivity index is 2.14. The van der Waals surface area contributed by atoms with Gasteiger partial charge in [0.2, 0.25) is 0 Å². The topological polar surface area (TPSA) is 68.5 Å². The normalized spacial score (nSPS) is 10.1. The maximum Gasteiger partial charge on any atom is 0.338 e. The molecule has 5 heteroatoms. The van der Waals surface area contributed by atoms with Crippen LogP contribution in [0.1, 0.15) is 33.2 Å². The molecule has 0 saturated carbocycles. The average Bonchev–Trinajstić information content (AvgIpc) is 2.95. The van der Waals surface area contributed by atoms with Crippen molar-refractivity contribution in [2.24, 2.45) is 0 Å². The van der Waals surface area contributed by atoms with Crippen LogP contribution < -0.4 is 5.32 Å². The number of hydrogen-bond donors (Lipinski definition) is 1. The first-order valence-electron chi connectivity index (χ1n) is 6.23. The van der Waals surface area contributed by atoms with Gasteiger partial charge in [0.25, 0.3) is 5.91 Å². The van der Waals surface area contributed by atoms with E-state index in [1.807, 2.05) is 6.92 Å². The van der Waals surface area contributed by atoms with Gasteiger partial charge in [-0.05, 0) is 43.7 Å². The van der Waals surface area contributed by atoms with Gasteiger partial charge in [-0.2, -0.15) is 0 Å². The van der Waals surface area contributed by atoms with Crippen molar-refractivity contribution in [3.8, 4) is 0 Å². The molecule has 0 aliphatic rings. The highest BCUT2D eigenvalue weighted by Crippen LogP contribution is 2.18. The molecule has 1 aromatic heterocycles. The summed E-state index contributed by atoms with van der Waals surface area (Å²) in [7, 11) is 0. The number of esters is 1. The molecular formula is C15H15NO4. The molecule has 1 heterocycles. The van der Waals surface area contributed by atoms with Crippen LogP contribution >= 0.6 is 0 Å². The number of ether oxygens (including phenoxy) is 1. The lowest BCUT2D eigenvalue weighted by Crippen LogP contribution is -2.12. The van der Waals surface area contributed by atoms with Crippen LogP contribution in [0.15, 0.2) is 41.2 Å². The number of carbonyl (C=O) groups excluding carboxylic acids is 2. The van der Waals surface area contributed by atoms with E-state index in [1.54, 1.807) is 31.2 Å². The Labute approximate surface area is 116 Å². The van der Waals surface area contributed by atoms with Crippen LogP contribution in [-0.4, -0.2) is 18.5 Å². The Morgan fingerprint density at radius 2 is 2.05 bits per heavy atom. The summed E-state index contributed by atoms with van der Waals surface area (Å²) in [5, 5.41) is 2.76. The van der Waals surface area contributed by atoms with Crippen LogP contribution in [0.5, 0.6) is 0 Å². The molecule has 2 rings (SSSR count). The van der Waals surface area contributed by atoms with Gasteiger partial charge in [-0.25, -0.2) is 4.79 Å². The second-order valence-electron chi connectivity index (χ2n) is 4.22. The van der Waals surface area contributed by atoms with Crippen molar-refractivity contribution in [2.45, 2.75) is 13.8 Å². The minimum Gasteiger partial charge on any atom is -0.472 e. The summed E-state index contributed by atoms with van der Waals surface area (Å²) in [6.07, 6.45) is 2.81. The van der Waals surface area contributed by atoms with Crippen LogP contribution in [0.4, 0.5) is 5.69 Å². The van der Waals surface area contributed by atoms with Gasteiger partial charge in [0.1, 0.15) is 6.26 Å². The molecule has 1 amide bonds. The minimum absolute atomic E-state index is 0.259. The molecule has 5 nitrogen and oxygen atoms in total. The largest absolute Gasteiger partial charge is 0.472 e. The fourth-order valence-electron chi connectivity index (χ4n) is 1.73. The molecule has 0 radical (unpaired) electrons. The van der Waals surface area contributed by atoms with Crippen LogP contribution in [0.3, 0.4) is 0 Å². The van der Waals surface area contributed by atoms with E-state index < -0.39 is 0 Å². The highest BCUT2D eigenvalue weighted by molar-refractivity contribution is 6.04. The quantitative estimate of drug-likeness (QED) is 0.869. The number of hydrogen-bond acceptors (Lipinski definition) is 4. The van der Waals surface area contributed by atoms with Crippen LogP contribution in [-0.2, 0) is 4.74 Å². The molecule has 0 atom stereocenters. The first-order chi connectivity index (χ1) is 9.61. The van der Waals surface area contributed by atoms with E-state index >= 15 is 0 Å². The molecule has 20 heavy (non-hydrogen) atoms. The molecule has 0 unspecified atom stereocenters. The summed E-state index contributed by atoms with van der Waals surface area (Å²) in [5.41, 5.74) is 2.33. The van der Waals surface area contributed by atoms with Gasteiger partial charge in [-0.3, -0.25) is 4.79 Å². The van der Waals surface area contributed by atoms with E-state index in [0.717, 1.165) is 5.56 Å². The Hall–Kier alpha value is -2.56. The number of carbonyl (C=O) groups is 2. The van der Waals surface area contributed by atoms with Crippen molar-refractivity contribution in [2.75, 3.05) is 11.9 Å². The van der Waals surface area contributed by atoms with Crippen molar-refractivity contribution in [1.29, 1.82) is 0 Å². The molecular weight excluding hydrogens is 258 g/mol. The molecule has 0 spiro atoms. The summed E-state index contributed by atoms with van der Waals surface area (Å²) < 4.78 is 9.78. The first kappa shape index (κ1) is 13.9. The molecule has 0 aliphatic heterocycles. The fraction of sp³-hybridized carbons (Fsp3) is 0.200. The fourth-order valence-corrected chi connectivity index (χ4v) is 1.73. The van der Waals surface area contributed by atoms with Crippen LogP contribution in [0.25, 0.3) is 0 Å². The lowest BCUT2D eigenvalue weighted by molar-refractivity contribution is 0.0526. The molecule has 1 aromatic carbocycles. The smallest absolute Gasteiger partial charge is 0.338 e. The Bertz CT molecular complexity index is 617. The number of rotatable bonds is 4. The second-order valence-corrected chi connectivity index (χ2v) is 4.22. The maximum absolute atomic E-state index is 11.9. The summed E-state index contributed by atoms with van der Waals surface area (Å²) in [6.45, 7) is 3.90. The monoisotopic (exact) mass is 273 g/mol. The highest BCUT2D eigenvalue weighted by atomic mass is 16.5. The van der Waals surface area contributed by atoms with Gasteiger partial charge in [0.05, 0.1) is 24.0 Å². The zero-order valence-electron chi connectivity index (χ0n) is 11.3. The van der Waals surface area contributed by atoms with Crippen molar-refractivity contribution in [3.05, 3.63) is 53.5 Å². The first-order valence-corrected chi connectivity index (χ1v) is 6.23. The molecule has 0 saturated heterocycles. The van der Waals surface area contributed by atoms with E-state index in [4.69, 9.17) is 9.15 Å². The third kappa shape index (κ3) is 3.06. The summed E-state index contributed by atoms with van der Waals surface area (Å²) in [4.78, 5) is 23.5. The number of amides is 1. The maximum atomic E-state index is 11.9. The van der Waals surface area contributed by atoms with E-state index in [-0.39, 0.29) is 11.9 Å². The zero-order chi connectivity index (χ0) is 14.5. The number of anilines is 1. The SMILES string of the molecule is CCOC(=O)c1ccc(NC(=O)c2ccoc2)c(C)c1. The van der Waals surface area contributed by atoms with Crippen molar-refractivity contribution in [3.63, 3.8) is 0 Å². The number of furan rings is 1. The third-order valence-electron chi connectivity index (χ3n) is 2.77. The molecule has 1 N–H and O–H groups in total. The van der Waals surface area contributed by atoms with E-state index in [1.165, 1.54) is 12.5 Å². The Morgan fingerprint density at radius 1 is 1.25 bits per heavy atom. The number of nitrogens with one attached hydrogen (secondary N) is 1. The molecule has 104 valence electrons. The number of aryl methyl sites for hydroxylation is 1. The van der Waals surface area contributed by atoms with E-state index in [2.05, 4.69) is 5.32 Å². The standard InChI is InChI=1S/C15H15NO4/c1-3-20-15(18)11-4-5-13(10(2)8-11)16-14(17)12-6-7-19-9-12/h4-9H,3H2,1-2H3,(H,16,17). The molecule has 0 aliphatic carbocycles. The van der Waals surface area contributed by atoms with Gasteiger partial charge in [0, 0.05) is 5.69 Å². The van der Waals surface area contributed by atoms with E-state index in [0.29, 0.717) is 23.4 Å². The summed E-state index contributed by atoms with van der Waals surface area (Å²) >= 11 is 0. The molecule has 0 fully saturated rings. The van der Waals surface area contributed by atoms with Crippen LogP contribution in [0.2, 0.25) is 0 Å². The second kappa shape index (κ2) is 6.06. The lowest BCUT2D eigenvalue weighted by Gasteiger charge is -2.09. The average molecular weight is 273 g/mol. The molecule has 0 bridgehead atoms. The third-order valence-corrected chi connectivity index (χ3v) is 2.77. The van der Waals surface area contributed by atoms with E-state index in [9.17, 15) is 9.59 Å². The van der Waals surface area contributed by atoms with Gasteiger partial charge >= 0.3 is 5.97 Å². The van der Waals surface area contributed by atoms with Gasteiger partial charge < -0.3 is 14.5 Å². The zero-order valence-corrected chi connectivity index (χ0v) is 11.3. The van der Waals surface area contributed by atoms with Gasteiger partial charge in [-0.15, -0.1) is 0 Å². The predicted octanol–water partition coefficient (Wildman–Crippen LogP) is 3.02. The predicted molar refractivity (Wildman–Crippen MR) is 73.8 cm³/mol. The van der Waals surface area contributed by atoms with Crippen molar-refractivity contribution in [1.82, 2.24) is 0 Å². The minimum atomic E-state index is -0.372. The van der Waals surface area contributed by atoms with Crippen molar-refractivity contribution < 1.29 is 18.7 Å². The highest BCUT2D eigenvalue weighted by Gasteiger charge is 2.11. The Kier molecular flexibility index (Phi) is 4.20. The van der Waals surface area contributed by atoms with Crippen molar-refractivity contribution >= 4 is 17.6 Å². The van der Waals surface area contributed by atoms with Crippen LogP contribution in [0, 0.1) is 6.92 Å². The Morgan fingerprint density at radius 3 is 2.65 bits per heavy atom.